The molecular formula is C21H29N5O. The van der Waals surface area contributed by atoms with Crippen molar-refractivity contribution in [1.29, 1.82) is 0 Å². The molecule has 0 spiro atoms. The van der Waals surface area contributed by atoms with E-state index >= 15 is 0 Å². The van der Waals surface area contributed by atoms with Gasteiger partial charge < -0.3 is 20.3 Å². The van der Waals surface area contributed by atoms with E-state index in [0.717, 1.165) is 67.9 Å². The summed E-state index contributed by atoms with van der Waals surface area (Å²) in [5, 5.41) is 6.78. The van der Waals surface area contributed by atoms with Crippen LogP contribution in [0.1, 0.15) is 24.1 Å². The second-order valence-electron chi connectivity index (χ2n) is 7.63. The van der Waals surface area contributed by atoms with Crippen LogP contribution in [0.4, 0.5) is 0 Å². The monoisotopic (exact) mass is 367 g/mol. The lowest BCUT2D eigenvalue weighted by Crippen LogP contribution is -2.34. The number of ether oxygens (including phenoxy) is 1. The van der Waals surface area contributed by atoms with Crippen LogP contribution in [0.3, 0.4) is 0 Å². The highest BCUT2D eigenvalue weighted by Crippen LogP contribution is 2.27. The van der Waals surface area contributed by atoms with Crippen LogP contribution in [0.2, 0.25) is 0 Å². The van der Waals surface area contributed by atoms with E-state index in [-0.39, 0.29) is 0 Å². The van der Waals surface area contributed by atoms with E-state index in [2.05, 4.69) is 50.7 Å². The largest absolute Gasteiger partial charge is 0.492 e. The number of nitrogens with one attached hydrogen (secondary N) is 2. The van der Waals surface area contributed by atoms with Gasteiger partial charge in [0.05, 0.1) is 23.8 Å². The fraction of sp³-hybridized carbons (Fsp3) is 0.524. The second-order valence-corrected chi connectivity index (χ2v) is 7.63. The van der Waals surface area contributed by atoms with Gasteiger partial charge in [-0.3, -0.25) is 9.97 Å². The maximum absolute atomic E-state index is 5.84. The summed E-state index contributed by atoms with van der Waals surface area (Å²) >= 11 is 0. The molecule has 6 nitrogen and oxygen atoms in total. The number of piperidine rings is 1. The van der Waals surface area contributed by atoms with Crippen molar-refractivity contribution in [3.8, 4) is 17.0 Å². The zero-order chi connectivity index (χ0) is 18.5. The van der Waals surface area contributed by atoms with E-state index in [4.69, 9.17) is 4.74 Å². The molecule has 0 atom stereocenters. The molecule has 0 aliphatic carbocycles. The SMILES string of the molecule is CN(Cc1cnc(-c2ccc3c(c2)OCCNC3)cn1)CC1CCNCC1. The van der Waals surface area contributed by atoms with E-state index in [1.807, 2.05) is 12.4 Å². The van der Waals surface area contributed by atoms with Crippen LogP contribution in [-0.4, -0.2) is 54.7 Å². The maximum atomic E-state index is 5.84. The molecular weight excluding hydrogens is 338 g/mol. The average molecular weight is 367 g/mol. The van der Waals surface area contributed by atoms with Crippen molar-refractivity contribution in [2.45, 2.75) is 25.9 Å². The van der Waals surface area contributed by atoms with Crippen molar-refractivity contribution in [2.75, 3.05) is 39.8 Å². The smallest absolute Gasteiger partial charge is 0.124 e. The Morgan fingerprint density at radius 1 is 1.11 bits per heavy atom. The average Bonchev–Trinajstić information content (AvgIpc) is 2.94. The second kappa shape index (κ2) is 8.78. The fourth-order valence-corrected chi connectivity index (χ4v) is 3.88. The molecule has 4 rings (SSSR count). The summed E-state index contributed by atoms with van der Waals surface area (Å²) in [6, 6.07) is 6.29. The van der Waals surface area contributed by atoms with Gasteiger partial charge in [-0.15, -0.1) is 0 Å². The molecule has 1 fully saturated rings. The van der Waals surface area contributed by atoms with Crippen LogP contribution in [0.5, 0.6) is 5.75 Å². The van der Waals surface area contributed by atoms with E-state index < -0.39 is 0 Å². The molecule has 1 aromatic heterocycles. The van der Waals surface area contributed by atoms with Crippen molar-refractivity contribution in [2.24, 2.45) is 5.92 Å². The lowest BCUT2D eigenvalue weighted by atomic mass is 9.98. The van der Waals surface area contributed by atoms with E-state index in [1.165, 1.54) is 18.4 Å². The number of benzene rings is 1. The van der Waals surface area contributed by atoms with Gasteiger partial charge in [0.1, 0.15) is 12.4 Å². The van der Waals surface area contributed by atoms with Crippen LogP contribution in [0.25, 0.3) is 11.3 Å². The molecule has 1 aromatic carbocycles. The summed E-state index contributed by atoms with van der Waals surface area (Å²) in [6.07, 6.45) is 6.32. The topological polar surface area (TPSA) is 62.3 Å². The predicted octanol–water partition coefficient (Wildman–Crippen LogP) is 2.06. The Morgan fingerprint density at radius 2 is 2.00 bits per heavy atom. The highest BCUT2D eigenvalue weighted by Gasteiger charge is 2.16. The molecule has 0 bridgehead atoms. The van der Waals surface area contributed by atoms with Gasteiger partial charge in [-0.25, -0.2) is 0 Å². The third kappa shape index (κ3) is 4.83. The summed E-state index contributed by atoms with van der Waals surface area (Å²) in [5.74, 6) is 1.74. The zero-order valence-electron chi connectivity index (χ0n) is 16.1. The first kappa shape index (κ1) is 18.3. The Kier molecular flexibility index (Phi) is 5.97. The first-order valence-corrected chi connectivity index (χ1v) is 9.95. The molecule has 0 amide bonds. The highest BCUT2D eigenvalue weighted by atomic mass is 16.5. The standard InChI is InChI=1S/C21H29N5O/c1-26(14-16-4-6-22-7-5-16)15-19-12-25-20(13-24-19)17-2-3-18-11-23-8-9-27-21(18)10-17/h2-3,10,12-13,16,22-23H,4-9,11,14-15H2,1H3. The lowest BCUT2D eigenvalue weighted by molar-refractivity contribution is 0.232. The molecule has 2 aromatic rings. The van der Waals surface area contributed by atoms with Crippen LogP contribution >= 0.6 is 0 Å². The van der Waals surface area contributed by atoms with Gasteiger partial charge in [-0.2, -0.15) is 0 Å². The van der Waals surface area contributed by atoms with Crippen LogP contribution in [0, 0.1) is 5.92 Å². The van der Waals surface area contributed by atoms with Crippen LogP contribution in [-0.2, 0) is 13.1 Å². The first-order valence-electron chi connectivity index (χ1n) is 9.95. The quantitative estimate of drug-likeness (QED) is 0.844. The van der Waals surface area contributed by atoms with Crippen molar-refractivity contribution < 1.29 is 4.74 Å². The number of aromatic nitrogens is 2. The Hall–Kier alpha value is -2.02. The van der Waals surface area contributed by atoms with Gasteiger partial charge in [0.25, 0.3) is 0 Å². The highest BCUT2D eigenvalue weighted by molar-refractivity contribution is 5.61. The number of nitrogens with zero attached hydrogens (tertiary/aromatic N) is 3. The fourth-order valence-electron chi connectivity index (χ4n) is 3.88. The van der Waals surface area contributed by atoms with E-state index in [9.17, 15) is 0 Å². The van der Waals surface area contributed by atoms with Gasteiger partial charge in [0, 0.05) is 37.3 Å². The first-order chi connectivity index (χ1) is 13.3. The number of hydrogen-bond donors (Lipinski definition) is 2. The van der Waals surface area contributed by atoms with Crippen molar-refractivity contribution in [1.82, 2.24) is 25.5 Å². The van der Waals surface area contributed by atoms with E-state index in [0.29, 0.717) is 6.61 Å². The third-order valence-corrected chi connectivity index (χ3v) is 5.38. The molecule has 0 saturated carbocycles. The van der Waals surface area contributed by atoms with Gasteiger partial charge >= 0.3 is 0 Å². The minimum absolute atomic E-state index is 0.699. The van der Waals surface area contributed by atoms with Gasteiger partial charge in [-0.05, 0) is 45.0 Å². The molecule has 0 unspecified atom stereocenters. The third-order valence-electron chi connectivity index (χ3n) is 5.38. The van der Waals surface area contributed by atoms with Gasteiger partial charge in [0.2, 0.25) is 0 Å². The molecule has 3 heterocycles. The summed E-state index contributed by atoms with van der Waals surface area (Å²) in [6.45, 7) is 6.69. The minimum atomic E-state index is 0.699. The predicted molar refractivity (Wildman–Crippen MR) is 107 cm³/mol. The molecule has 27 heavy (non-hydrogen) atoms. The van der Waals surface area contributed by atoms with Crippen molar-refractivity contribution >= 4 is 0 Å². The number of rotatable bonds is 5. The van der Waals surface area contributed by atoms with Gasteiger partial charge in [-0.1, -0.05) is 12.1 Å². The molecule has 6 heteroatoms. The number of fused-ring (bicyclic) bond motifs is 1. The maximum Gasteiger partial charge on any atom is 0.124 e. The van der Waals surface area contributed by atoms with E-state index in [1.54, 1.807) is 0 Å². The van der Waals surface area contributed by atoms with Crippen molar-refractivity contribution in [3.05, 3.63) is 41.9 Å². The molecule has 2 aliphatic rings. The Morgan fingerprint density at radius 3 is 2.81 bits per heavy atom. The Bertz CT molecular complexity index is 743. The summed E-state index contributed by atoms with van der Waals surface area (Å²) < 4.78 is 5.84. The normalized spacial score (nSPS) is 18.0. The minimum Gasteiger partial charge on any atom is -0.492 e. The van der Waals surface area contributed by atoms with Crippen molar-refractivity contribution in [3.63, 3.8) is 0 Å². The van der Waals surface area contributed by atoms with Crippen LogP contribution in [0.15, 0.2) is 30.6 Å². The molecule has 2 N–H and O–H groups in total. The Labute approximate surface area is 161 Å². The molecule has 0 radical (unpaired) electrons. The molecule has 1 saturated heterocycles. The zero-order valence-corrected chi connectivity index (χ0v) is 16.1. The summed E-state index contributed by atoms with van der Waals surface area (Å²) in [7, 11) is 2.18. The molecule has 144 valence electrons. The summed E-state index contributed by atoms with van der Waals surface area (Å²) in [4.78, 5) is 11.7. The lowest BCUT2D eigenvalue weighted by Gasteiger charge is -2.27. The summed E-state index contributed by atoms with van der Waals surface area (Å²) in [5.41, 5.74) is 4.16. The molecule has 2 aliphatic heterocycles. The number of hydrogen-bond acceptors (Lipinski definition) is 6. The van der Waals surface area contributed by atoms with Crippen LogP contribution < -0.4 is 15.4 Å². The van der Waals surface area contributed by atoms with Gasteiger partial charge in [0.15, 0.2) is 0 Å². The Balaban J connectivity index is 1.39.